The normalized spacial score (nSPS) is 12.1. The average Bonchev–Trinajstić information content (AvgIpc) is 2.36. The fraction of sp³-hybridized carbons (Fsp3) is 0.462. The van der Waals surface area contributed by atoms with E-state index in [1.165, 1.54) is 30.3 Å². The second-order valence-electron chi connectivity index (χ2n) is 4.49. The van der Waals surface area contributed by atoms with E-state index in [-0.39, 0.29) is 11.8 Å². The molecule has 0 aliphatic carbocycles. The van der Waals surface area contributed by atoms with Crippen LogP contribution in [0.15, 0.2) is 24.4 Å². The van der Waals surface area contributed by atoms with Gasteiger partial charge in [-0.05, 0) is 26.8 Å². The molecule has 6 nitrogen and oxygen atoms in total. The summed E-state index contributed by atoms with van der Waals surface area (Å²) >= 11 is 0. The summed E-state index contributed by atoms with van der Waals surface area (Å²) < 4.78 is 5.50. The number of hydrogen-bond acceptors (Lipinski definition) is 4. The molecule has 0 aliphatic rings. The Morgan fingerprint density at radius 2 is 1.95 bits per heavy atom. The van der Waals surface area contributed by atoms with Gasteiger partial charge in [-0.25, -0.2) is 4.79 Å². The summed E-state index contributed by atoms with van der Waals surface area (Å²) in [6.07, 6.45) is 0.984. The first-order valence-corrected chi connectivity index (χ1v) is 6.00. The van der Waals surface area contributed by atoms with Crippen molar-refractivity contribution in [2.75, 3.05) is 7.05 Å². The molecule has 0 saturated heterocycles. The van der Waals surface area contributed by atoms with Gasteiger partial charge in [-0.1, -0.05) is 0 Å². The number of rotatable bonds is 4. The molecule has 104 valence electrons. The Bertz CT molecular complexity index is 473. The van der Waals surface area contributed by atoms with Crippen molar-refractivity contribution in [1.82, 2.24) is 4.90 Å². The van der Waals surface area contributed by atoms with Crippen molar-refractivity contribution in [2.45, 2.75) is 32.9 Å². The van der Waals surface area contributed by atoms with Crippen molar-refractivity contribution in [3.8, 4) is 0 Å². The van der Waals surface area contributed by atoms with Crippen molar-refractivity contribution in [2.24, 2.45) is 0 Å². The molecule has 0 bridgehead atoms. The van der Waals surface area contributed by atoms with Gasteiger partial charge in [0.15, 0.2) is 6.20 Å². The van der Waals surface area contributed by atoms with Gasteiger partial charge >= 0.3 is 11.9 Å². The molecule has 1 aromatic rings. The molecule has 1 atom stereocenters. The van der Waals surface area contributed by atoms with Crippen LogP contribution in [-0.2, 0) is 9.53 Å². The lowest BCUT2D eigenvalue weighted by Gasteiger charge is -2.23. The Labute approximate surface area is 112 Å². The molecular formula is C13H18N2O4. The van der Waals surface area contributed by atoms with Gasteiger partial charge in [-0.3, -0.25) is 4.79 Å². The molecule has 6 heteroatoms. The maximum atomic E-state index is 12.1. The Balaban J connectivity index is 2.83. The Morgan fingerprint density at radius 3 is 2.47 bits per heavy atom. The van der Waals surface area contributed by atoms with E-state index in [1.807, 2.05) is 0 Å². The minimum Gasteiger partial charge on any atom is -0.618 e. The Hall–Kier alpha value is -2.11. The fourth-order valence-corrected chi connectivity index (χ4v) is 1.44. The summed E-state index contributed by atoms with van der Waals surface area (Å²) in [6.45, 7) is 5.02. The molecule has 0 fully saturated rings. The lowest BCUT2D eigenvalue weighted by molar-refractivity contribution is -0.608. The van der Waals surface area contributed by atoms with Crippen LogP contribution in [-0.4, -0.2) is 36.0 Å². The van der Waals surface area contributed by atoms with Crippen molar-refractivity contribution in [1.29, 1.82) is 0 Å². The highest BCUT2D eigenvalue weighted by molar-refractivity contribution is 5.93. The van der Waals surface area contributed by atoms with Crippen molar-refractivity contribution in [3.05, 3.63) is 35.3 Å². The van der Waals surface area contributed by atoms with E-state index in [9.17, 15) is 14.8 Å². The molecule has 1 amide bonds. The van der Waals surface area contributed by atoms with Crippen LogP contribution in [0.1, 0.15) is 31.3 Å². The van der Waals surface area contributed by atoms with E-state index in [2.05, 4.69) is 0 Å². The first-order valence-electron chi connectivity index (χ1n) is 6.00. The zero-order valence-corrected chi connectivity index (χ0v) is 11.5. The van der Waals surface area contributed by atoms with Crippen molar-refractivity contribution >= 4 is 11.9 Å². The molecule has 1 heterocycles. The molecule has 0 spiro atoms. The Kier molecular flexibility index (Phi) is 4.86. The monoisotopic (exact) mass is 266 g/mol. The zero-order chi connectivity index (χ0) is 14.6. The third-order valence-electron chi connectivity index (χ3n) is 2.64. The van der Waals surface area contributed by atoms with E-state index in [4.69, 9.17) is 4.74 Å². The molecule has 1 aromatic heterocycles. The van der Waals surface area contributed by atoms with Gasteiger partial charge < -0.3 is 14.8 Å². The van der Waals surface area contributed by atoms with Crippen molar-refractivity contribution < 1.29 is 19.1 Å². The summed E-state index contributed by atoms with van der Waals surface area (Å²) in [5, 5.41) is 11.5. The zero-order valence-electron chi connectivity index (χ0n) is 11.5. The van der Waals surface area contributed by atoms with Crippen molar-refractivity contribution in [3.63, 3.8) is 0 Å². The number of carbonyl (C=O) groups is 2. The summed E-state index contributed by atoms with van der Waals surface area (Å²) in [6, 6.07) is 3.77. The average molecular weight is 266 g/mol. The van der Waals surface area contributed by atoms with Crippen LogP contribution >= 0.6 is 0 Å². The predicted octanol–water partition coefficient (Wildman–Crippen LogP) is 0.732. The number of hydrogen-bond donors (Lipinski definition) is 0. The molecular weight excluding hydrogens is 248 g/mol. The lowest BCUT2D eigenvalue weighted by atomic mass is 10.2. The van der Waals surface area contributed by atoms with Crippen LogP contribution in [0, 0.1) is 5.21 Å². The predicted molar refractivity (Wildman–Crippen MR) is 68.2 cm³/mol. The molecule has 0 aliphatic heterocycles. The van der Waals surface area contributed by atoms with Crippen LogP contribution in [0.4, 0.5) is 0 Å². The number of ether oxygens (including phenoxy) is 1. The summed E-state index contributed by atoms with van der Waals surface area (Å²) in [5.41, 5.74) is -0.0332. The van der Waals surface area contributed by atoms with Crippen LogP contribution in [0.25, 0.3) is 0 Å². The summed E-state index contributed by atoms with van der Waals surface area (Å²) in [5.74, 6) is -1.02. The second-order valence-corrected chi connectivity index (χ2v) is 4.49. The van der Waals surface area contributed by atoms with Crippen LogP contribution < -0.4 is 4.73 Å². The number of esters is 1. The highest BCUT2D eigenvalue weighted by Gasteiger charge is 2.28. The topological polar surface area (TPSA) is 73.5 Å². The smallest absolute Gasteiger partial charge is 0.328 e. The number of likely N-dealkylation sites (N-methyl/N-ethyl adjacent to an activating group) is 1. The largest absolute Gasteiger partial charge is 0.618 e. The summed E-state index contributed by atoms with van der Waals surface area (Å²) in [4.78, 5) is 25.0. The van der Waals surface area contributed by atoms with E-state index in [0.717, 1.165) is 0 Å². The third-order valence-corrected chi connectivity index (χ3v) is 2.64. The number of aromatic nitrogens is 1. The quantitative estimate of drug-likeness (QED) is 0.457. The SMILES string of the molecule is CC(C)OC(=O)C(C)N(C)C(=O)c1cccc[n+]1[O-]. The molecule has 0 N–H and O–H groups in total. The number of pyridine rings is 1. The molecule has 19 heavy (non-hydrogen) atoms. The van der Waals surface area contributed by atoms with Gasteiger partial charge in [0.1, 0.15) is 6.04 Å². The van der Waals surface area contributed by atoms with E-state index >= 15 is 0 Å². The molecule has 0 aromatic carbocycles. The van der Waals surface area contributed by atoms with E-state index < -0.39 is 17.9 Å². The first-order chi connectivity index (χ1) is 8.84. The highest BCUT2D eigenvalue weighted by atomic mass is 16.5. The van der Waals surface area contributed by atoms with E-state index in [1.54, 1.807) is 26.8 Å². The number of nitrogens with zero attached hydrogens (tertiary/aromatic N) is 2. The minimum absolute atomic E-state index is 0.0332. The maximum absolute atomic E-state index is 12.1. The first kappa shape index (κ1) is 14.9. The molecule has 0 saturated carbocycles. The van der Waals surface area contributed by atoms with Gasteiger partial charge in [-0.15, -0.1) is 0 Å². The molecule has 1 rings (SSSR count). The van der Waals surface area contributed by atoms with E-state index in [0.29, 0.717) is 4.73 Å². The van der Waals surface area contributed by atoms with Gasteiger partial charge in [0.05, 0.1) is 6.10 Å². The van der Waals surface area contributed by atoms with Gasteiger partial charge in [0.2, 0.25) is 0 Å². The Morgan fingerprint density at radius 1 is 1.32 bits per heavy atom. The van der Waals surface area contributed by atoms with Gasteiger partial charge in [0, 0.05) is 19.2 Å². The van der Waals surface area contributed by atoms with Gasteiger partial charge in [0.25, 0.3) is 5.69 Å². The van der Waals surface area contributed by atoms with Crippen LogP contribution in [0.2, 0.25) is 0 Å². The number of amides is 1. The fourth-order valence-electron chi connectivity index (χ4n) is 1.44. The standard InChI is InChI=1S/C13H18N2O4/c1-9(2)19-13(17)10(3)14(4)12(16)11-7-5-6-8-15(11)18/h5-10H,1-4H3. The van der Waals surface area contributed by atoms with Gasteiger partial charge in [-0.2, -0.15) is 4.73 Å². The second kappa shape index (κ2) is 6.17. The third kappa shape index (κ3) is 3.67. The molecule has 0 radical (unpaired) electrons. The highest BCUT2D eigenvalue weighted by Crippen LogP contribution is 2.05. The summed E-state index contributed by atoms with van der Waals surface area (Å²) in [7, 11) is 1.46. The number of carbonyl (C=O) groups excluding carboxylic acids is 2. The van der Waals surface area contributed by atoms with Crippen LogP contribution in [0.5, 0.6) is 0 Å². The molecule has 1 unspecified atom stereocenters. The van der Waals surface area contributed by atoms with Crippen LogP contribution in [0.3, 0.4) is 0 Å². The maximum Gasteiger partial charge on any atom is 0.328 e. The minimum atomic E-state index is -0.755. The lowest BCUT2D eigenvalue weighted by Crippen LogP contribution is -2.46.